The molecule has 22 aromatic rings. The number of fused-ring (bicyclic) bond motifs is 16. The normalized spacial score (nSPS) is 11.7. The maximum Gasteiger partial charge on any atom is 0.279 e. The number of furan rings is 2. The first kappa shape index (κ1) is 63.2. The lowest BCUT2D eigenvalue weighted by Gasteiger charge is -2.14. The lowest BCUT2D eigenvalue weighted by atomic mass is 9.99. The van der Waals surface area contributed by atoms with E-state index in [4.69, 9.17) is 38.7 Å². The highest BCUT2D eigenvalue weighted by atomic mass is 16.3. The second kappa shape index (κ2) is 25.8. The van der Waals surface area contributed by atoms with Crippen molar-refractivity contribution >= 4 is 98.8 Å². The first-order chi connectivity index (χ1) is 54.3. The molecular weight excluding hydrogens is 1360 g/mol. The number of rotatable bonds is 10. The van der Waals surface area contributed by atoms with Crippen LogP contribution in [0.2, 0.25) is 0 Å². The molecule has 8 aromatic heterocycles. The number of hydrogen-bond donors (Lipinski definition) is 0. The molecule has 0 aliphatic heterocycles. The van der Waals surface area contributed by atoms with Crippen molar-refractivity contribution in [2.24, 2.45) is 0 Å². The Morgan fingerprint density at radius 1 is 0.218 bits per heavy atom. The van der Waals surface area contributed by atoms with Gasteiger partial charge in [0.2, 0.25) is 0 Å². The molecule has 0 spiro atoms. The summed E-state index contributed by atoms with van der Waals surface area (Å²) in [5, 5.41) is 5.81. The highest BCUT2D eigenvalue weighted by molar-refractivity contribution is 6.14. The summed E-state index contributed by atoms with van der Waals surface area (Å²) in [5.41, 5.74) is 20.9. The zero-order chi connectivity index (χ0) is 72.9. The number of benzene rings is 14. The Labute approximate surface area is 626 Å². The van der Waals surface area contributed by atoms with Crippen LogP contribution >= 0.6 is 0 Å². The Kier molecular flexibility index (Phi) is 14.8. The second-order valence-electron chi connectivity index (χ2n) is 27.3. The predicted octanol–water partition coefficient (Wildman–Crippen LogP) is 22.3. The quantitative estimate of drug-likeness (QED) is 0.129. The van der Waals surface area contributed by atoms with Crippen LogP contribution in [0.25, 0.3) is 201 Å². The highest BCUT2D eigenvalue weighted by Crippen LogP contribution is 2.42. The molecular formula is C96H58N10O4. The monoisotopic (exact) mass is 1410 g/mol. The van der Waals surface area contributed by atoms with Gasteiger partial charge in [-0.2, -0.15) is 0 Å². The first-order valence-electron chi connectivity index (χ1n) is 36.3. The molecule has 0 amide bonds. The molecule has 0 bridgehead atoms. The van der Waals surface area contributed by atoms with Crippen molar-refractivity contribution in [2.75, 3.05) is 0 Å². The van der Waals surface area contributed by atoms with Crippen LogP contribution in [0.5, 0.6) is 0 Å². The average Bonchev–Trinajstić information content (AvgIpc) is 1.63. The minimum Gasteiger partial charge on any atom is -0.456 e. The van der Waals surface area contributed by atoms with Gasteiger partial charge in [-0.25, -0.2) is 29.9 Å². The maximum atomic E-state index is 14.2. The molecule has 0 N–H and O–H groups in total. The molecule has 0 saturated carbocycles. The molecule has 0 unspecified atom stereocenters. The largest absolute Gasteiger partial charge is 0.456 e. The fourth-order valence-electron chi connectivity index (χ4n) is 15.7. The summed E-state index contributed by atoms with van der Waals surface area (Å²) < 4.78 is 20.6. The summed E-state index contributed by atoms with van der Waals surface area (Å²) in [5.74, 6) is 3.55. The van der Waals surface area contributed by atoms with E-state index in [0.29, 0.717) is 46.0 Å². The van der Waals surface area contributed by atoms with Crippen molar-refractivity contribution in [2.45, 2.75) is 0 Å². The van der Waals surface area contributed by atoms with Crippen molar-refractivity contribution in [3.05, 3.63) is 373 Å². The molecule has 110 heavy (non-hydrogen) atoms. The van der Waals surface area contributed by atoms with Gasteiger partial charge >= 0.3 is 0 Å². The summed E-state index contributed by atoms with van der Waals surface area (Å²) in [6, 6.07) is 117. The van der Waals surface area contributed by atoms with Crippen LogP contribution in [0.1, 0.15) is 0 Å². The minimum absolute atomic E-state index is 0.0642. The van der Waals surface area contributed by atoms with Gasteiger partial charge in [0.1, 0.15) is 33.4 Å². The lowest BCUT2D eigenvalue weighted by molar-refractivity contribution is 0.668. The average molecular weight is 1420 g/mol. The van der Waals surface area contributed by atoms with Crippen molar-refractivity contribution in [1.82, 2.24) is 47.8 Å². The third-order valence-corrected chi connectivity index (χ3v) is 20.8. The van der Waals surface area contributed by atoms with Gasteiger partial charge in [0, 0.05) is 77.1 Å². The Hall–Kier alpha value is -15.3. The molecule has 0 aliphatic carbocycles. The van der Waals surface area contributed by atoms with Crippen LogP contribution in [0.3, 0.4) is 0 Å². The molecule has 516 valence electrons. The van der Waals surface area contributed by atoms with Gasteiger partial charge in [0.25, 0.3) is 11.1 Å². The summed E-state index contributed by atoms with van der Waals surface area (Å²) in [4.78, 5) is 58.3. The molecule has 0 fully saturated rings. The van der Waals surface area contributed by atoms with E-state index in [1.807, 2.05) is 284 Å². The van der Waals surface area contributed by atoms with E-state index < -0.39 is 0 Å². The van der Waals surface area contributed by atoms with Crippen LogP contribution in [-0.2, 0) is 0 Å². The Bertz CT molecular complexity index is 7450. The SMILES string of the molecule is O=c1c2cc3cc(-c4ccc5oc6cccc(-c7nc(-c8ccccc8)nc(-c8ccccc8)n7)c6c5c4)ccc3n2c2ccccc2n1-c1ccccc1.O=c1c2cc3ccccc3n2c2ccccc2n1-c1ccc(-c2ccc3oc4cccc(-c5nc(-c6ccccc6)nc(-c6ccccc6)n5)c4c3c2)cc1. The molecule has 0 aliphatic rings. The molecule has 22 rings (SSSR count). The van der Waals surface area contributed by atoms with Gasteiger partial charge in [-0.15, -0.1) is 0 Å². The fourth-order valence-corrected chi connectivity index (χ4v) is 15.7. The van der Waals surface area contributed by atoms with Crippen LogP contribution < -0.4 is 11.1 Å². The number of hydrogen-bond acceptors (Lipinski definition) is 10. The first-order valence-corrected chi connectivity index (χ1v) is 36.3. The molecule has 14 heteroatoms. The van der Waals surface area contributed by atoms with Crippen molar-refractivity contribution in [1.29, 1.82) is 0 Å². The lowest BCUT2D eigenvalue weighted by Crippen LogP contribution is -2.21. The molecule has 14 aromatic carbocycles. The standard InChI is InChI=1S/2C48H29N5O2/c54-48-41-29-34-27-32(23-25-38(34)53(41)40-21-11-10-20-39(40)52(48)35-17-8-3-9-18-35)33-24-26-42-37(28-33)44-36(19-12-22-43(44)55-42)47-50-45(30-13-4-1-5-14-30)49-46(51-47)31-15-6-2-7-16-31;54-48-41-29-34-16-7-8-18-38(34)53(41)40-20-10-9-19-39(40)52(48)35-25-22-30(23-26-35)33-24-27-42-37(28-33)44-36(17-11-21-43(44)55-42)47-50-45(31-12-3-1-4-13-31)49-46(51-47)32-14-5-2-6-15-32/h2*1-29H. The Morgan fingerprint density at radius 3 is 1.03 bits per heavy atom. The topological polar surface area (TPSA) is 156 Å². The van der Waals surface area contributed by atoms with Crippen LogP contribution in [0.4, 0.5) is 0 Å². The van der Waals surface area contributed by atoms with Gasteiger partial charge in [0.05, 0.1) is 33.1 Å². The third-order valence-electron chi connectivity index (χ3n) is 20.8. The second-order valence-corrected chi connectivity index (χ2v) is 27.3. The van der Waals surface area contributed by atoms with Crippen LogP contribution in [-0.4, -0.2) is 47.8 Å². The third kappa shape index (κ3) is 10.6. The Balaban J connectivity index is 0.000000140. The van der Waals surface area contributed by atoms with Crippen molar-refractivity contribution in [3.8, 4) is 102 Å². The van der Waals surface area contributed by atoms with E-state index in [1.54, 1.807) is 4.57 Å². The zero-order valence-corrected chi connectivity index (χ0v) is 58.6. The number of aromatic nitrogens is 10. The number of nitrogens with zero attached hydrogens (tertiary/aromatic N) is 10. The van der Waals surface area contributed by atoms with Crippen molar-refractivity contribution in [3.63, 3.8) is 0 Å². The van der Waals surface area contributed by atoms with Crippen LogP contribution in [0.15, 0.2) is 370 Å². The summed E-state index contributed by atoms with van der Waals surface area (Å²) in [6.07, 6.45) is 0. The summed E-state index contributed by atoms with van der Waals surface area (Å²) >= 11 is 0. The Morgan fingerprint density at radius 2 is 0.564 bits per heavy atom. The van der Waals surface area contributed by atoms with E-state index in [9.17, 15) is 9.59 Å². The molecule has 0 radical (unpaired) electrons. The van der Waals surface area contributed by atoms with Crippen molar-refractivity contribution < 1.29 is 8.83 Å². The van der Waals surface area contributed by atoms with Gasteiger partial charge < -0.3 is 17.6 Å². The molecule has 8 heterocycles. The summed E-state index contributed by atoms with van der Waals surface area (Å²) in [7, 11) is 0. The van der Waals surface area contributed by atoms with Gasteiger partial charge in [-0.05, 0) is 138 Å². The maximum absolute atomic E-state index is 14.2. The van der Waals surface area contributed by atoms with Gasteiger partial charge in [-0.3, -0.25) is 18.7 Å². The molecule has 0 saturated heterocycles. The summed E-state index contributed by atoms with van der Waals surface area (Å²) in [6.45, 7) is 0. The molecule has 0 atom stereocenters. The van der Waals surface area contributed by atoms with E-state index in [0.717, 1.165) is 155 Å². The number of para-hydroxylation sites is 6. The predicted molar refractivity (Wildman–Crippen MR) is 441 cm³/mol. The van der Waals surface area contributed by atoms with E-state index >= 15 is 0 Å². The minimum atomic E-state index is -0.0642. The smallest absolute Gasteiger partial charge is 0.279 e. The van der Waals surface area contributed by atoms with E-state index in [1.165, 1.54) is 0 Å². The molecule has 14 nitrogen and oxygen atoms in total. The van der Waals surface area contributed by atoms with E-state index in [-0.39, 0.29) is 11.1 Å². The fraction of sp³-hybridized carbons (Fsp3) is 0. The zero-order valence-electron chi connectivity index (χ0n) is 58.6. The van der Waals surface area contributed by atoms with Gasteiger partial charge in [0.15, 0.2) is 34.9 Å². The highest BCUT2D eigenvalue weighted by Gasteiger charge is 2.24. The van der Waals surface area contributed by atoms with Gasteiger partial charge in [-0.1, -0.05) is 237 Å². The van der Waals surface area contributed by atoms with Crippen LogP contribution in [0, 0.1) is 0 Å². The van der Waals surface area contributed by atoms with E-state index in [2.05, 4.69) is 81.6 Å².